The minimum absolute atomic E-state index is 0.106. The van der Waals surface area contributed by atoms with Crippen molar-refractivity contribution in [1.29, 1.82) is 0 Å². The summed E-state index contributed by atoms with van der Waals surface area (Å²) in [6.45, 7) is 2.28. The number of benzene rings is 3. The number of hydrogen-bond donors (Lipinski definition) is 1. The van der Waals surface area contributed by atoms with Gasteiger partial charge in [0, 0.05) is 5.69 Å². The van der Waals surface area contributed by atoms with E-state index in [9.17, 15) is 8.42 Å². The molecular formula is C21H21NO4S. The molecule has 0 amide bonds. The van der Waals surface area contributed by atoms with Gasteiger partial charge in [-0.25, -0.2) is 8.42 Å². The zero-order valence-corrected chi connectivity index (χ0v) is 16.0. The normalized spacial score (nSPS) is 11.0. The summed E-state index contributed by atoms with van der Waals surface area (Å²) in [6.07, 6.45) is 0. The molecule has 0 saturated heterocycles. The van der Waals surface area contributed by atoms with Crippen LogP contribution in [0.15, 0.2) is 77.7 Å². The number of methoxy groups -OCH3 is 1. The van der Waals surface area contributed by atoms with E-state index >= 15 is 0 Å². The Morgan fingerprint density at radius 2 is 1.63 bits per heavy atom. The Balaban J connectivity index is 1.71. The van der Waals surface area contributed by atoms with E-state index in [-0.39, 0.29) is 4.90 Å². The summed E-state index contributed by atoms with van der Waals surface area (Å²) in [6, 6.07) is 21.7. The molecule has 5 nitrogen and oxygen atoms in total. The first-order valence-corrected chi connectivity index (χ1v) is 9.90. The summed E-state index contributed by atoms with van der Waals surface area (Å²) < 4.78 is 38.9. The van der Waals surface area contributed by atoms with Gasteiger partial charge in [-0.2, -0.15) is 0 Å². The molecule has 0 aliphatic rings. The second kappa shape index (κ2) is 8.14. The van der Waals surface area contributed by atoms with Crippen LogP contribution in [0.4, 0.5) is 5.69 Å². The first-order valence-electron chi connectivity index (χ1n) is 8.42. The van der Waals surface area contributed by atoms with Gasteiger partial charge in [0.05, 0.1) is 7.11 Å². The van der Waals surface area contributed by atoms with Crippen LogP contribution in [0.3, 0.4) is 0 Å². The van der Waals surface area contributed by atoms with E-state index in [0.717, 1.165) is 11.1 Å². The Labute approximate surface area is 159 Å². The first kappa shape index (κ1) is 18.8. The van der Waals surface area contributed by atoms with Gasteiger partial charge in [-0.15, -0.1) is 0 Å². The largest absolute Gasteiger partial charge is 0.495 e. The molecule has 0 aliphatic carbocycles. The highest BCUT2D eigenvalue weighted by Crippen LogP contribution is 2.27. The second-order valence-corrected chi connectivity index (χ2v) is 7.71. The highest BCUT2D eigenvalue weighted by molar-refractivity contribution is 7.92. The van der Waals surface area contributed by atoms with E-state index in [4.69, 9.17) is 9.47 Å². The molecule has 0 fully saturated rings. The number of aryl methyl sites for hydroxylation is 1. The molecule has 0 saturated carbocycles. The van der Waals surface area contributed by atoms with Gasteiger partial charge in [0.1, 0.15) is 23.0 Å². The number of sulfonamides is 1. The predicted octanol–water partition coefficient (Wildman–Crippen LogP) is 4.38. The molecule has 0 unspecified atom stereocenters. The zero-order chi connectivity index (χ0) is 19.3. The average molecular weight is 383 g/mol. The van der Waals surface area contributed by atoms with Crippen molar-refractivity contribution in [1.82, 2.24) is 0 Å². The van der Waals surface area contributed by atoms with Crippen molar-refractivity contribution in [2.24, 2.45) is 0 Å². The maximum absolute atomic E-state index is 12.7. The molecule has 3 aromatic carbocycles. The monoisotopic (exact) mass is 383 g/mol. The van der Waals surface area contributed by atoms with Crippen LogP contribution in [0, 0.1) is 6.92 Å². The summed E-state index contributed by atoms with van der Waals surface area (Å²) >= 11 is 0. The van der Waals surface area contributed by atoms with Gasteiger partial charge < -0.3 is 9.47 Å². The molecule has 140 valence electrons. The average Bonchev–Trinajstić information content (AvgIpc) is 2.68. The molecule has 27 heavy (non-hydrogen) atoms. The molecule has 0 atom stereocenters. The van der Waals surface area contributed by atoms with Crippen LogP contribution >= 0.6 is 0 Å². The number of nitrogens with one attached hydrogen (secondary N) is 1. The molecule has 6 heteroatoms. The van der Waals surface area contributed by atoms with Crippen molar-refractivity contribution in [3.8, 4) is 11.5 Å². The minimum Gasteiger partial charge on any atom is -0.495 e. The Morgan fingerprint density at radius 1 is 0.926 bits per heavy atom. The summed E-state index contributed by atoms with van der Waals surface area (Å²) in [5, 5.41) is 0. The lowest BCUT2D eigenvalue weighted by atomic mass is 10.2. The SMILES string of the molecule is COc1ccc(C)cc1S(=O)(=O)Nc1ccc(OCc2ccccc2)cc1. The Hall–Kier alpha value is -2.99. The van der Waals surface area contributed by atoms with Crippen molar-refractivity contribution in [2.45, 2.75) is 18.4 Å². The third-order valence-electron chi connectivity index (χ3n) is 3.96. The fourth-order valence-electron chi connectivity index (χ4n) is 2.56. The molecule has 3 rings (SSSR count). The Bertz CT molecular complexity index is 1000. The standard InChI is InChI=1S/C21H21NO4S/c1-16-8-13-20(25-2)21(14-16)27(23,24)22-18-9-11-19(12-10-18)26-15-17-6-4-3-5-7-17/h3-14,22H,15H2,1-2H3. The molecule has 0 bridgehead atoms. The Kier molecular flexibility index (Phi) is 5.66. The smallest absolute Gasteiger partial charge is 0.265 e. The summed E-state index contributed by atoms with van der Waals surface area (Å²) in [5.41, 5.74) is 2.35. The molecule has 1 N–H and O–H groups in total. The molecule has 0 heterocycles. The fourth-order valence-corrected chi connectivity index (χ4v) is 3.88. The third-order valence-corrected chi connectivity index (χ3v) is 5.37. The number of ether oxygens (including phenoxy) is 2. The van der Waals surface area contributed by atoms with Crippen molar-refractivity contribution in [2.75, 3.05) is 11.8 Å². The van der Waals surface area contributed by atoms with E-state index < -0.39 is 10.0 Å². The van der Waals surface area contributed by atoms with Crippen LogP contribution in [0.25, 0.3) is 0 Å². The fraction of sp³-hybridized carbons (Fsp3) is 0.143. The zero-order valence-electron chi connectivity index (χ0n) is 15.2. The lowest BCUT2D eigenvalue weighted by Crippen LogP contribution is -2.14. The lowest BCUT2D eigenvalue weighted by Gasteiger charge is -2.13. The first-order chi connectivity index (χ1) is 13.0. The van der Waals surface area contributed by atoms with Crippen LogP contribution in [-0.2, 0) is 16.6 Å². The van der Waals surface area contributed by atoms with Gasteiger partial charge in [-0.1, -0.05) is 36.4 Å². The van der Waals surface area contributed by atoms with Crippen LogP contribution in [0.2, 0.25) is 0 Å². The highest BCUT2D eigenvalue weighted by Gasteiger charge is 2.19. The molecule has 0 spiro atoms. The Morgan fingerprint density at radius 3 is 2.30 bits per heavy atom. The molecule has 0 aromatic heterocycles. The quantitative estimate of drug-likeness (QED) is 0.657. The molecular weight excluding hydrogens is 362 g/mol. The summed E-state index contributed by atoms with van der Waals surface area (Å²) in [7, 11) is -2.32. The molecule has 0 aliphatic heterocycles. The van der Waals surface area contributed by atoms with Gasteiger partial charge in [0.25, 0.3) is 10.0 Å². The third kappa shape index (κ3) is 4.80. The maximum atomic E-state index is 12.7. The second-order valence-electron chi connectivity index (χ2n) is 6.06. The van der Waals surface area contributed by atoms with Crippen molar-refractivity contribution in [3.05, 3.63) is 83.9 Å². The molecule has 0 radical (unpaired) electrons. The molecule has 3 aromatic rings. The summed E-state index contributed by atoms with van der Waals surface area (Å²) in [4.78, 5) is 0.106. The van der Waals surface area contributed by atoms with Crippen LogP contribution < -0.4 is 14.2 Å². The topological polar surface area (TPSA) is 64.6 Å². The summed E-state index contributed by atoms with van der Waals surface area (Å²) in [5.74, 6) is 0.964. The van der Waals surface area contributed by atoms with Gasteiger partial charge in [0.2, 0.25) is 0 Å². The van der Waals surface area contributed by atoms with Crippen molar-refractivity contribution < 1.29 is 17.9 Å². The van der Waals surface area contributed by atoms with Crippen LogP contribution in [-0.4, -0.2) is 15.5 Å². The number of hydrogen-bond acceptors (Lipinski definition) is 4. The van der Waals surface area contributed by atoms with Crippen LogP contribution in [0.5, 0.6) is 11.5 Å². The van der Waals surface area contributed by atoms with E-state index in [2.05, 4.69) is 4.72 Å². The van der Waals surface area contributed by atoms with E-state index in [1.54, 1.807) is 42.5 Å². The van der Waals surface area contributed by atoms with Gasteiger partial charge in [-0.05, 0) is 54.4 Å². The van der Waals surface area contributed by atoms with E-state index in [0.29, 0.717) is 23.8 Å². The van der Waals surface area contributed by atoms with E-state index in [1.165, 1.54) is 7.11 Å². The minimum atomic E-state index is -3.76. The predicted molar refractivity (Wildman–Crippen MR) is 106 cm³/mol. The van der Waals surface area contributed by atoms with Crippen molar-refractivity contribution in [3.63, 3.8) is 0 Å². The number of rotatable bonds is 7. The van der Waals surface area contributed by atoms with Crippen LogP contribution in [0.1, 0.15) is 11.1 Å². The van der Waals surface area contributed by atoms with Gasteiger partial charge in [0.15, 0.2) is 0 Å². The van der Waals surface area contributed by atoms with Gasteiger partial charge in [-0.3, -0.25) is 4.72 Å². The lowest BCUT2D eigenvalue weighted by molar-refractivity contribution is 0.306. The van der Waals surface area contributed by atoms with Crippen molar-refractivity contribution >= 4 is 15.7 Å². The van der Waals surface area contributed by atoms with E-state index in [1.807, 2.05) is 37.3 Å². The van der Waals surface area contributed by atoms with Gasteiger partial charge >= 0.3 is 0 Å². The number of anilines is 1. The maximum Gasteiger partial charge on any atom is 0.265 e. The highest BCUT2D eigenvalue weighted by atomic mass is 32.2.